The van der Waals surface area contributed by atoms with Crippen LogP contribution in [0.3, 0.4) is 0 Å². The number of halogens is 1. The Morgan fingerprint density at radius 2 is 2.05 bits per heavy atom. The summed E-state index contributed by atoms with van der Waals surface area (Å²) in [5.74, 6) is 0. The van der Waals surface area contributed by atoms with Gasteiger partial charge in [0.25, 0.3) is 0 Å². The van der Waals surface area contributed by atoms with E-state index >= 15 is 0 Å². The van der Waals surface area contributed by atoms with Crippen molar-refractivity contribution >= 4 is 22.5 Å². The molecule has 1 heterocycles. The molecule has 1 aliphatic rings. The fourth-order valence-electron chi connectivity index (χ4n) is 3.39. The zero-order chi connectivity index (χ0) is 14.1. The van der Waals surface area contributed by atoms with Crippen LogP contribution in [0.4, 0.5) is 0 Å². The average molecular weight is 291 g/mol. The number of benzene rings is 1. The fourth-order valence-corrected chi connectivity index (χ4v) is 3.62. The predicted octanol–water partition coefficient (Wildman–Crippen LogP) is 4.91. The van der Waals surface area contributed by atoms with E-state index in [1.54, 1.807) is 0 Å². The highest BCUT2D eigenvalue weighted by Crippen LogP contribution is 2.30. The van der Waals surface area contributed by atoms with E-state index in [-0.39, 0.29) is 0 Å². The molecule has 20 heavy (non-hydrogen) atoms. The van der Waals surface area contributed by atoms with Crippen molar-refractivity contribution in [2.75, 3.05) is 0 Å². The van der Waals surface area contributed by atoms with Crippen molar-refractivity contribution < 1.29 is 0 Å². The van der Waals surface area contributed by atoms with Crippen molar-refractivity contribution in [3.05, 3.63) is 35.0 Å². The van der Waals surface area contributed by atoms with Crippen molar-refractivity contribution in [3.8, 4) is 0 Å². The van der Waals surface area contributed by atoms with Gasteiger partial charge in [-0.2, -0.15) is 0 Å². The minimum atomic E-state index is 0.450. The van der Waals surface area contributed by atoms with Crippen molar-refractivity contribution in [2.45, 2.75) is 58.2 Å². The molecule has 0 saturated heterocycles. The molecule has 2 aromatic rings. The van der Waals surface area contributed by atoms with Crippen LogP contribution in [0.5, 0.6) is 0 Å². The van der Waals surface area contributed by atoms with Crippen molar-refractivity contribution in [1.29, 1.82) is 0 Å². The van der Waals surface area contributed by atoms with Crippen LogP contribution in [-0.2, 0) is 6.54 Å². The summed E-state index contributed by atoms with van der Waals surface area (Å²) in [6, 6.07) is 9.58. The SMILES string of the molecule is CC(C)n1c(CNC2CCCC2)cc2c(Cl)cccc21. The number of hydrogen-bond acceptors (Lipinski definition) is 1. The summed E-state index contributed by atoms with van der Waals surface area (Å²) in [4.78, 5) is 0. The maximum absolute atomic E-state index is 6.34. The Morgan fingerprint density at radius 3 is 2.75 bits per heavy atom. The normalized spacial score (nSPS) is 16.6. The zero-order valence-electron chi connectivity index (χ0n) is 12.3. The maximum Gasteiger partial charge on any atom is 0.0500 e. The summed E-state index contributed by atoms with van der Waals surface area (Å²) >= 11 is 6.34. The molecule has 108 valence electrons. The molecule has 1 fully saturated rings. The first-order chi connectivity index (χ1) is 9.66. The van der Waals surface area contributed by atoms with E-state index in [1.165, 1.54) is 42.3 Å². The van der Waals surface area contributed by atoms with Gasteiger partial charge in [-0.3, -0.25) is 0 Å². The van der Waals surface area contributed by atoms with Crippen LogP contribution < -0.4 is 5.32 Å². The topological polar surface area (TPSA) is 17.0 Å². The molecule has 0 radical (unpaired) electrons. The van der Waals surface area contributed by atoms with Gasteiger partial charge in [0.1, 0.15) is 0 Å². The third-order valence-corrected chi connectivity index (χ3v) is 4.68. The molecule has 3 heteroatoms. The first-order valence-electron chi connectivity index (χ1n) is 7.68. The quantitative estimate of drug-likeness (QED) is 0.847. The van der Waals surface area contributed by atoms with Gasteiger partial charge in [0, 0.05) is 40.2 Å². The highest BCUT2D eigenvalue weighted by molar-refractivity contribution is 6.35. The standard InChI is InChI=1S/C17H23ClN2/c1-12(2)20-14(11-19-13-6-3-4-7-13)10-15-16(18)8-5-9-17(15)20/h5,8-10,12-13,19H,3-4,6-7,11H2,1-2H3. The molecule has 1 N–H and O–H groups in total. The molecule has 0 atom stereocenters. The van der Waals surface area contributed by atoms with Gasteiger partial charge in [-0.15, -0.1) is 0 Å². The summed E-state index contributed by atoms with van der Waals surface area (Å²) in [6.45, 7) is 5.41. The Balaban J connectivity index is 1.92. The van der Waals surface area contributed by atoms with E-state index in [4.69, 9.17) is 11.6 Å². The summed E-state index contributed by atoms with van der Waals surface area (Å²) in [5.41, 5.74) is 2.59. The minimum Gasteiger partial charge on any atom is -0.341 e. The summed E-state index contributed by atoms with van der Waals surface area (Å²) < 4.78 is 2.41. The molecule has 3 rings (SSSR count). The Labute approximate surface area is 126 Å². The molecule has 1 saturated carbocycles. The lowest BCUT2D eigenvalue weighted by Gasteiger charge is -2.17. The molecule has 0 amide bonds. The highest BCUT2D eigenvalue weighted by Gasteiger charge is 2.17. The highest BCUT2D eigenvalue weighted by atomic mass is 35.5. The lowest BCUT2D eigenvalue weighted by atomic mass is 10.2. The van der Waals surface area contributed by atoms with Crippen LogP contribution in [-0.4, -0.2) is 10.6 Å². The van der Waals surface area contributed by atoms with Crippen LogP contribution in [0.15, 0.2) is 24.3 Å². The number of hydrogen-bond donors (Lipinski definition) is 1. The average Bonchev–Trinajstić information content (AvgIpc) is 3.03. The number of aromatic nitrogens is 1. The summed E-state index contributed by atoms with van der Waals surface area (Å²) in [6.07, 6.45) is 5.39. The number of nitrogens with one attached hydrogen (secondary N) is 1. The van der Waals surface area contributed by atoms with Crippen LogP contribution in [0.1, 0.15) is 51.3 Å². The van der Waals surface area contributed by atoms with Crippen molar-refractivity contribution in [2.24, 2.45) is 0 Å². The van der Waals surface area contributed by atoms with Gasteiger partial charge in [-0.25, -0.2) is 0 Å². The summed E-state index contributed by atoms with van der Waals surface area (Å²) in [5, 5.41) is 5.73. The molecule has 1 aliphatic carbocycles. The second-order valence-electron chi connectivity index (χ2n) is 6.13. The van der Waals surface area contributed by atoms with E-state index in [0.717, 1.165) is 11.6 Å². The minimum absolute atomic E-state index is 0.450. The third kappa shape index (κ3) is 2.59. The molecular weight excluding hydrogens is 268 g/mol. The lowest BCUT2D eigenvalue weighted by molar-refractivity contribution is 0.497. The third-order valence-electron chi connectivity index (χ3n) is 4.35. The lowest BCUT2D eigenvalue weighted by Crippen LogP contribution is -2.26. The fraction of sp³-hybridized carbons (Fsp3) is 0.529. The molecule has 0 unspecified atom stereocenters. The second-order valence-corrected chi connectivity index (χ2v) is 6.54. The van der Waals surface area contributed by atoms with Crippen LogP contribution in [0, 0.1) is 0 Å². The molecule has 0 bridgehead atoms. The van der Waals surface area contributed by atoms with E-state index < -0.39 is 0 Å². The Bertz CT molecular complexity index is 594. The number of fused-ring (bicyclic) bond motifs is 1. The van der Waals surface area contributed by atoms with Crippen LogP contribution >= 0.6 is 11.6 Å². The van der Waals surface area contributed by atoms with Gasteiger partial charge in [0.2, 0.25) is 0 Å². The second kappa shape index (κ2) is 5.79. The maximum atomic E-state index is 6.34. The summed E-state index contributed by atoms with van der Waals surface area (Å²) in [7, 11) is 0. The largest absolute Gasteiger partial charge is 0.341 e. The smallest absolute Gasteiger partial charge is 0.0500 e. The van der Waals surface area contributed by atoms with E-state index in [2.05, 4.69) is 35.9 Å². The van der Waals surface area contributed by atoms with E-state index in [9.17, 15) is 0 Å². The first-order valence-corrected chi connectivity index (χ1v) is 8.06. The van der Waals surface area contributed by atoms with Gasteiger partial charge in [0.05, 0.1) is 0 Å². The molecule has 0 aliphatic heterocycles. The first kappa shape index (κ1) is 14.0. The zero-order valence-corrected chi connectivity index (χ0v) is 13.1. The van der Waals surface area contributed by atoms with Gasteiger partial charge in [-0.05, 0) is 44.9 Å². The van der Waals surface area contributed by atoms with Gasteiger partial charge < -0.3 is 9.88 Å². The number of rotatable bonds is 4. The molecule has 0 spiro atoms. The van der Waals surface area contributed by atoms with Crippen LogP contribution in [0.25, 0.3) is 10.9 Å². The van der Waals surface area contributed by atoms with Gasteiger partial charge >= 0.3 is 0 Å². The molecule has 2 nitrogen and oxygen atoms in total. The number of nitrogens with zero attached hydrogens (tertiary/aromatic N) is 1. The Kier molecular flexibility index (Phi) is 4.04. The van der Waals surface area contributed by atoms with Crippen molar-refractivity contribution in [3.63, 3.8) is 0 Å². The van der Waals surface area contributed by atoms with Crippen molar-refractivity contribution in [1.82, 2.24) is 9.88 Å². The van der Waals surface area contributed by atoms with E-state index in [0.29, 0.717) is 12.1 Å². The van der Waals surface area contributed by atoms with Gasteiger partial charge in [-0.1, -0.05) is 30.5 Å². The predicted molar refractivity (Wildman–Crippen MR) is 86.4 cm³/mol. The monoisotopic (exact) mass is 290 g/mol. The molecular formula is C17H23ClN2. The Hall–Kier alpha value is -0.990. The molecule has 1 aromatic carbocycles. The van der Waals surface area contributed by atoms with E-state index in [1.807, 2.05) is 12.1 Å². The van der Waals surface area contributed by atoms with Gasteiger partial charge in [0.15, 0.2) is 0 Å². The van der Waals surface area contributed by atoms with Crippen LogP contribution in [0.2, 0.25) is 5.02 Å². The Morgan fingerprint density at radius 1 is 1.30 bits per heavy atom. The molecule has 1 aromatic heterocycles.